The first-order chi connectivity index (χ1) is 23.1. The summed E-state index contributed by atoms with van der Waals surface area (Å²) in [4.78, 5) is 0. The summed E-state index contributed by atoms with van der Waals surface area (Å²) < 4.78 is 0. The van der Waals surface area contributed by atoms with E-state index in [0.29, 0.717) is 0 Å². The van der Waals surface area contributed by atoms with E-state index in [9.17, 15) is 0 Å². The van der Waals surface area contributed by atoms with E-state index in [-0.39, 0.29) is 21.7 Å². The molecule has 0 unspecified atom stereocenters. The second-order valence-electron chi connectivity index (χ2n) is 17.7. The molecule has 0 radical (unpaired) electrons. The van der Waals surface area contributed by atoms with Crippen LogP contribution in [0.2, 0.25) is 10.0 Å². The molecule has 8 rings (SSSR count). The fourth-order valence-corrected chi connectivity index (χ4v) is 9.70. The quantitative estimate of drug-likeness (QED) is 0.178. The summed E-state index contributed by atoms with van der Waals surface area (Å²) >= 11 is 13.1. The Morgan fingerprint density at radius 3 is 1.65 bits per heavy atom. The van der Waals surface area contributed by atoms with Crippen LogP contribution in [0.4, 0.5) is 0 Å². The van der Waals surface area contributed by atoms with Crippen LogP contribution < -0.4 is 10.4 Å². The predicted octanol–water partition coefficient (Wildman–Crippen LogP) is 11.7. The summed E-state index contributed by atoms with van der Waals surface area (Å²) in [6.45, 7) is 19.7. The number of rotatable bonds is 3. The topological polar surface area (TPSA) is 0 Å². The van der Waals surface area contributed by atoms with Crippen LogP contribution in [0.15, 0.2) is 78.9 Å². The number of hydrogen-bond donors (Lipinski definition) is 0. The van der Waals surface area contributed by atoms with Gasteiger partial charge in [0.2, 0.25) is 0 Å². The Balaban J connectivity index is 1.73. The Labute approximate surface area is 302 Å². The van der Waals surface area contributed by atoms with Gasteiger partial charge in [-0.3, -0.25) is 0 Å². The van der Waals surface area contributed by atoms with Crippen LogP contribution in [0.25, 0.3) is 17.2 Å². The lowest BCUT2D eigenvalue weighted by molar-refractivity contribution is 0.329. The fraction of sp³-hybridized carbons (Fsp3) is 0.362. The molecule has 0 saturated carbocycles. The van der Waals surface area contributed by atoms with Crippen LogP contribution in [0.5, 0.6) is 0 Å². The molecule has 4 aromatic rings. The Bertz CT molecular complexity index is 2290. The fourth-order valence-electron chi connectivity index (χ4n) is 9.45. The van der Waals surface area contributed by atoms with Gasteiger partial charge < -0.3 is 0 Å². The molecule has 0 saturated heterocycles. The maximum Gasteiger partial charge on any atom is 0.0406 e. The lowest BCUT2D eigenvalue weighted by atomic mass is 9.59. The van der Waals surface area contributed by atoms with E-state index in [1.807, 2.05) is 24.3 Å². The maximum absolute atomic E-state index is 6.55. The highest BCUT2D eigenvalue weighted by molar-refractivity contribution is 6.31. The first-order valence-corrected chi connectivity index (χ1v) is 18.9. The predicted molar refractivity (Wildman–Crippen MR) is 210 cm³/mol. The van der Waals surface area contributed by atoms with E-state index < -0.39 is 0 Å². The molecule has 250 valence electrons. The van der Waals surface area contributed by atoms with Crippen LogP contribution in [0.1, 0.15) is 132 Å². The summed E-state index contributed by atoms with van der Waals surface area (Å²) in [6.07, 6.45) is 15.2. The minimum Gasteiger partial charge on any atom is -0.0843 e. The van der Waals surface area contributed by atoms with Crippen molar-refractivity contribution in [2.75, 3.05) is 0 Å². The summed E-state index contributed by atoms with van der Waals surface area (Å²) in [7, 11) is 0. The molecule has 0 aromatic heterocycles. The molecule has 0 spiro atoms. The molecular weight excluding hydrogens is 635 g/mol. The van der Waals surface area contributed by atoms with Gasteiger partial charge in [-0.25, -0.2) is 0 Å². The van der Waals surface area contributed by atoms with E-state index in [0.717, 1.165) is 29.3 Å². The molecule has 0 aliphatic heterocycles. The van der Waals surface area contributed by atoms with Crippen molar-refractivity contribution < 1.29 is 0 Å². The summed E-state index contributed by atoms with van der Waals surface area (Å²) in [5.41, 5.74) is 14.2. The third kappa shape index (κ3) is 5.15. The Hall–Kier alpha value is -3.32. The lowest BCUT2D eigenvalue weighted by Gasteiger charge is -2.44. The number of benzene rings is 4. The average Bonchev–Trinajstić information content (AvgIpc) is 3.71. The highest BCUT2D eigenvalue weighted by atomic mass is 35.5. The lowest BCUT2D eigenvalue weighted by Crippen LogP contribution is -2.41. The van der Waals surface area contributed by atoms with Gasteiger partial charge in [0.05, 0.1) is 0 Å². The molecule has 4 aliphatic rings. The second-order valence-corrected chi connectivity index (χ2v) is 18.5. The van der Waals surface area contributed by atoms with E-state index in [1.165, 1.54) is 89.4 Å². The average molecular weight is 684 g/mol. The zero-order valence-electron chi connectivity index (χ0n) is 30.4. The van der Waals surface area contributed by atoms with Crippen molar-refractivity contribution in [3.05, 3.63) is 154 Å². The van der Waals surface area contributed by atoms with Crippen molar-refractivity contribution in [3.8, 4) is 0 Å². The van der Waals surface area contributed by atoms with E-state index in [4.69, 9.17) is 23.2 Å². The van der Waals surface area contributed by atoms with Crippen LogP contribution in [0.3, 0.4) is 0 Å². The van der Waals surface area contributed by atoms with Gasteiger partial charge in [0.15, 0.2) is 0 Å². The van der Waals surface area contributed by atoms with Crippen molar-refractivity contribution in [1.29, 1.82) is 0 Å². The molecule has 0 fully saturated rings. The number of allylic oxidation sites excluding steroid dienone is 4. The minimum atomic E-state index is -0.0428. The summed E-state index contributed by atoms with van der Waals surface area (Å²) in [5, 5.41) is 7.01. The first kappa shape index (κ1) is 32.9. The molecule has 2 heteroatoms. The van der Waals surface area contributed by atoms with Gasteiger partial charge in [0, 0.05) is 10.0 Å². The van der Waals surface area contributed by atoms with Crippen molar-refractivity contribution in [1.82, 2.24) is 0 Å². The van der Waals surface area contributed by atoms with E-state index in [1.54, 1.807) is 0 Å². The molecule has 0 atom stereocenters. The molecule has 0 amide bonds. The monoisotopic (exact) mass is 682 g/mol. The molecule has 0 heterocycles. The molecule has 4 aromatic carbocycles. The Kier molecular flexibility index (Phi) is 7.44. The standard InChI is InChI=1S/C47H48Cl2/c1-44(2)21-22-45(3,4)37-27-34-31(26-36(37)44)25-35-39(28-11-9-10-12-28)42-43(47(7,8)24-23-46(42,5)6)41(40(34)35)38(29-13-17-32(48)18-14-29)30-15-19-33(49)20-16-30/h9-11,13-20,25-27H,12,21-24H2,1-8H3. The van der Waals surface area contributed by atoms with Crippen LogP contribution in [0, 0.1) is 10.4 Å². The van der Waals surface area contributed by atoms with Crippen molar-refractivity contribution in [3.63, 3.8) is 0 Å². The Morgan fingerprint density at radius 2 is 1.12 bits per heavy atom. The normalized spacial score (nSPS) is 20.1. The maximum atomic E-state index is 6.55. The van der Waals surface area contributed by atoms with Gasteiger partial charge >= 0.3 is 0 Å². The summed E-state index contributed by atoms with van der Waals surface area (Å²) in [5.74, 6) is 0. The number of halogens is 2. The van der Waals surface area contributed by atoms with Crippen molar-refractivity contribution in [2.24, 2.45) is 0 Å². The largest absolute Gasteiger partial charge is 0.0843 e. The minimum absolute atomic E-state index is 0.00430. The smallest absolute Gasteiger partial charge is 0.0406 e. The second kappa shape index (κ2) is 11.1. The van der Waals surface area contributed by atoms with Gasteiger partial charge in [-0.1, -0.05) is 127 Å². The third-order valence-electron chi connectivity index (χ3n) is 12.5. The van der Waals surface area contributed by atoms with Crippen LogP contribution >= 0.6 is 23.2 Å². The molecule has 4 aliphatic carbocycles. The number of hydrogen-bond acceptors (Lipinski definition) is 0. The molecular formula is C47H48Cl2. The van der Waals surface area contributed by atoms with Gasteiger partial charge in [-0.2, -0.15) is 0 Å². The first-order valence-electron chi connectivity index (χ1n) is 18.1. The van der Waals surface area contributed by atoms with E-state index in [2.05, 4.69) is 116 Å². The molecule has 49 heavy (non-hydrogen) atoms. The molecule has 0 N–H and O–H groups in total. The number of fused-ring (bicyclic) bond motifs is 4. The van der Waals surface area contributed by atoms with Crippen molar-refractivity contribution in [2.45, 2.75) is 109 Å². The molecule has 0 bridgehead atoms. The highest BCUT2D eigenvalue weighted by Gasteiger charge is 2.43. The van der Waals surface area contributed by atoms with E-state index >= 15 is 0 Å². The third-order valence-corrected chi connectivity index (χ3v) is 13.0. The van der Waals surface area contributed by atoms with Gasteiger partial charge in [-0.15, -0.1) is 0 Å². The highest BCUT2D eigenvalue weighted by Crippen LogP contribution is 2.50. The summed E-state index contributed by atoms with van der Waals surface area (Å²) in [6, 6.07) is 22.2. The molecule has 0 nitrogen and oxygen atoms in total. The Morgan fingerprint density at radius 1 is 0.612 bits per heavy atom. The van der Waals surface area contributed by atoms with Crippen molar-refractivity contribution >= 4 is 40.4 Å². The van der Waals surface area contributed by atoms with Crippen LogP contribution in [-0.4, -0.2) is 0 Å². The van der Waals surface area contributed by atoms with Gasteiger partial charge in [0.1, 0.15) is 0 Å². The van der Waals surface area contributed by atoms with Gasteiger partial charge in [-0.05, 0) is 167 Å². The zero-order chi connectivity index (χ0) is 34.7. The van der Waals surface area contributed by atoms with Gasteiger partial charge in [0.25, 0.3) is 0 Å². The van der Waals surface area contributed by atoms with Crippen LogP contribution in [-0.2, 0) is 21.7 Å². The SMILES string of the molecule is CC1(C)CCC(C)(C)c2cc3c(cc21)=Cc1c(C2=CC=CC2)c2c(c(=C(c4ccc(Cl)cc4)c4ccc(Cl)cc4)c1=3)C(C)(C)CCC2(C)C. The zero-order valence-corrected chi connectivity index (χ0v) is 31.9.